The number of benzene rings is 1. The van der Waals surface area contributed by atoms with Crippen molar-refractivity contribution in [1.82, 2.24) is 14.8 Å². The molecule has 0 radical (unpaired) electrons. The maximum absolute atomic E-state index is 14.5. The van der Waals surface area contributed by atoms with E-state index >= 15 is 0 Å². The average molecular weight is 386 g/mol. The van der Waals surface area contributed by atoms with E-state index in [4.69, 9.17) is 4.84 Å². The first-order chi connectivity index (χ1) is 9.72. The molecule has 1 aromatic heterocycles. The lowest BCUT2D eigenvalue weighted by Gasteiger charge is -2.11. The second kappa shape index (κ2) is 7.13. The van der Waals surface area contributed by atoms with Crippen molar-refractivity contribution in [3.05, 3.63) is 58.7 Å². The summed E-state index contributed by atoms with van der Waals surface area (Å²) in [4.78, 5) is 8.74. The van der Waals surface area contributed by atoms with E-state index in [0.29, 0.717) is 5.56 Å². The second-order valence-corrected chi connectivity index (χ2v) is 5.02. The maximum Gasteiger partial charge on any atom is 0.239 e. The predicted molar refractivity (Wildman–Crippen MR) is 82.0 cm³/mol. The molecule has 0 fully saturated rings. The van der Waals surface area contributed by atoms with Crippen molar-refractivity contribution in [2.75, 3.05) is 6.61 Å². The highest BCUT2D eigenvalue weighted by atomic mass is 127. The third-order valence-electron chi connectivity index (χ3n) is 2.39. The molecule has 104 valence electrons. The maximum atomic E-state index is 14.5. The molecule has 0 spiro atoms. The molecule has 0 aliphatic heterocycles. The van der Waals surface area contributed by atoms with Crippen LogP contribution in [0.5, 0.6) is 0 Å². The molecule has 1 heterocycles. The summed E-state index contributed by atoms with van der Waals surface area (Å²) in [5.41, 5.74) is 0.756. The molecular formula is C13H12FIN4O. The summed E-state index contributed by atoms with van der Waals surface area (Å²) in [6.07, 6.45) is 2.53. The Labute approximate surface area is 129 Å². The zero-order valence-electron chi connectivity index (χ0n) is 10.5. The Bertz CT molecular complexity index is 583. The van der Waals surface area contributed by atoms with Crippen LogP contribution in [0, 0.1) is 3.57 Å². The van der Waals surface area contributed by atoms with Crippen LogP contribution in [0.3, 0.4) is 0 Å². The highest BCUT2D eigenvalue weighted by Crippen LogP contribution is 2.17. The molecule has 0 bridgehead atoms. The van der Waals surface area contributed by atoms with Crippen LogP contribution < -0.4 is 0 Å². The van der Waals surface area contributed by atoms with Crippen LogP contribution in [0.15, 0.2) is 54.7 Å². The molecule has 0 aliphatic carbocycles. The Morgan fingerprint density at radius 3 is 2.85 bits per heavy atom. The molecule has 7 heteroatoms. The number of halogens is 2. The van der Waals surface area contributed by atoms with Gasteiger partial charge in [0.15, 0.2) is 0 Å². The summed E-state index contributed by atoms with van der Waals surface area (Å²) in [6, 6.07) is 7.29. The van der Waals surface area contributed by atoms with E-state index in [-0.39, 0.29) is 12.3 Å². The molecule has 0 aliphatic rings. The van der Waals surface area contributed by atoms with Crippen molar-refractivity contribution in [3.8, 4) is 0 Å². The summed E-state index contributed by atoms with van der Waals surface area (Å²) in [6.45, 7) is 3.73. The quantitative estimate of drug-likeness (QED) is 0.252. The number of hydrogen-bond acceptors (Lipinski definition) is 4. The first-order valence-corrected chi connectivity index (χ1v) is 6.85. The first kappa shape index (κ1) is 14.6. The minimum atomic E-state index is -1.57. The van der Waals surface area contributed by atoms with Gasteiger partial charge in [-0.2, -0.15) is 5.10 Å². The number of alkyl halides is 1. The Balaban J connectivity index is 2.31. The molecule has 5 nitrogen and oxygen atoms in total. The summed E-state index contributed by atoms with van der Waals surface area (Å²) in [5, 5.41) is 7.63. The van der Waals surface area contributed by atoms with E-state index in [2.05, 4.69) is 44.4 Å². The zero-order chi connectivity index (χ0) is 14.4. The lowest BCUT2D eigenvalue weighted by atomic mass is 10.1. The molecule has 1 unspecified atom stereocenters. The fraction of sp³-hybridized carbons (Fsp3) is 0.154. The van der Waals surface area contributed by atoms with E-state index in [9.17, 15) is 4.39 Å². The van der Waals surface area contributed by atoms with Crippen molar-refractivity contribution in [1.29, 1.82) is 0 Å². The molecule has 0 N–H and O–H groups in total. The number of nitrogens with zero attached hydrogens (tertiary/aromatic N) is 4. The average Bonchev–Trinajstić information content (AvgIpc) is 2.98. The van der Waals surface area contributed by atoms with Crippen molar-refractivity contribution in [3.63, 3.8) is 0 Å². The van der Waals surface area contributed by atoms with E-state index < -0.39 is 6.30 Å². The van der Waals surface area contributed by atoms with Gasteiger partial charge in [0, 0.05) is 9.13 Å². The van der Waals surface area contributed by atoms with Gasteiger partial charge in [-0.05, 0) is 34.7 Å². The smallest absolute Gasteiger partial charge is 0.239 e. The molecule has 1 aromatic carbocycles. The van der Waals surface area contributed by atoms with Crippen LogP contribution in [-0.4, -0.2) is 27.1 Å². The highest BCUT2D eigenvalue weighted by molar-refractivity contribution is 14.1. The van der Waals surface area contributed by atoms with Gasteiger partial charge in [0.25, 0.3) is 0 Å². The molecule has 0 saturated carbocycles. The summed E-state index contributed by atoms with van der Waals surface area (Å²) in [5.74, 6) is 0. The van der Waals surface area contributed by atoms with E-state index in [1.807, 2.05) is 12.1 Å². The van der Waals surface area contributed by atoms with Crippen molar-refractivity contribution < 1.29 is 9.23 Å². The standard InChI is InChI=1S/C13H12FIN4O/c1-2-7-20-18-12(10-3-5-11(15)6-4-10)13(14)19-9-16-8-17-19/h2-6,8-9,13H,1,7H2. The van der Waals surface area contributed by atoms with Gasteiger partial charge in [-0.25, -0.2) is 14.1 Å². The van der Waals surface area contributed by atoms with E-state index in [1.165, 1.54) is 18.7 Å². The summed E-state index contributed by atoms with van der Waals surface area (Å²) >= 11 is 2.18. The van der Waals surface area contributed by atoms with Gasteiger partial charge in [-0.3, -0.25) is 0 Å². The first-order valence-electron chi connectivity index (χ1n) is 5.77. The van der Waals surface area contributed by atoms with E-state index in [0.717, 1.165) is 8.25 Å². The van der Waals surface area contributed by atoms with Crippen LogP contribution >= 0.6 is 22.6 Å². The van der Waals surface area contributed by atoms with Gasteiger partial charge in [-0.1, -0.05) is 29.9 Å². The third kappa shape index (κ3) is 3.62. The molecule has 2 rings (SSSR count). The summed E-state index contributed by atoms with van der Waals surface area (Å²) < 4.78 is 16.6. The number of hydrogen-bond donors (Lipinski definition) is 0. The SMILES string of the molecule is C=CCON=C(c1ccc(I)cc1)C(F)n1cncn1. The normalized spacial score (nSPS) is 13.0. The molecule has 0 amide bonds. The van der Waals surface area contributed by atoms with Gasteiger partial charge < -0.3 is 4.84 Å². The molecule has 0 saturated heterocycles. The van der Waals surface area contributed by atoms with Crippen LogP contribution in [0.2, 0.25) is 0 Å². The Morgan fingerprint density at radius 1 is 1.50 bits per heavy atom. The molecular weight excluding hydrogens is 374 g/mol. The van der Waals surface area contributed by atoms with Crippen LogP contribution in [-0.2, 0) is 4.84 Å². The highest BCUT2D eigenvalue weighted by Gasteiger charge is 2.20. The molecule has 20 heavy (non-hydrogen) atoms. The Kier molecular flexibility index (Phi) is 5.22. The largest absolute Gasteiger partial charge is 0.391 e. The van der Waals surface area contributed by atoms with Crippen molar-refractivity contribution in [2.24, 2.45) is 5.16 Å². The summed E-state index contributed by atoms with van der Waals surface area (Å²) in [7, 11) is 0. The van der Waals surface area contributed by atoms with Gasteiger partial charge in [0.05, 0.1) is 0 Å². The minimum Gasteiger partial charge on any atom is -0.391 e. The van der Waals surface area contributed by atoms with Crippen molar-refractivity contribution >= 4 is 28.3 Å². The lowest BCUT2D eigenvalue weighted by Crippen LogP contribution is -2.17. The number of aromatic nitrogens is 3. The van der Waals surface area contributed by atoms with Gasteiger partial charge in [0.2, 0.25) is 6.30 Å². The second-order valence-electron chi connectivity index (χ2n) is 3.78. The third-order valence-corrected chi connectivity index (χ3v) is 3.11. The minimum absolute atomic E-state index is 0.133. The zero-order valence-corrected chi connectivity index (χ0v) is 12.6. The monoisotopic (exact) mass is 386 g/mol. The Hall–Kier alpha value is -1.77. The van der Waals surface area contributed by atoms with E-state index in [1.54, 1.807) is 12.1 Å². The molecule has 2 aromatic rings. The fourth-order valence-electron chi connectivity index (χ4n) is 1.47. The van der Waals surface area contributed by atoms with Gasteiger partial charge in [0.1, 0.15) is 25.0 Å². The topological polar surface area (TPSA) is 52.3 Å². The van der Waals surface area contributed by atoms with Gasteiger partial charge in [-0.15, -0.1) is 0 Å². The van der Waals surface area contributed by atoms with Crippen LogP contribution in [0.1, 0.15) is 11.9 Å². The Morgan fingerprint density at radius 2 is 2.25 bits per heavy atom. The fourth-order valence-corrected chi connectivity index (χ4v) is 1.83. The van der Waals surface area contributed by atoms with Crippen LogP contribution in [0.4, 0.5) is 4.39 Å². The van der Waals surface area contributed by atoms with Crippen molar-refractivity contribution in [2.45, 2.75) is 6.30 Å². The van der Waals surface area contributed by atoms with Crippen LogP contribution in [0.25, 0.3) is 0 Å². The number of oxime groups is 1. The molecule has 1 atom stereocenters. The predicted octanol–water partition coefficient (Wildman–Crippen LogP) is 2.96. The lowest BCUT2D eigenvalue weighted by molar-refractivity contribution is 0.168. The number of rotatable bonds is 6. The van der Waals surface area contributed by atoms with Gasteiger partial charge >= 0.3 is 0 Å².